The first-order valence-electron chi connectivity index (χ1n) is 8.59. The number of carbonyl (C=O) groups excluding carboxylic acids is 2. The van der Waals surface area contributed by atoms with Gasteiger partial charge in [-0.05, 0) is 30.7 Å². The van der Waals surface area contributed by atoms with Crippen molar-refractivity contribution >= 4 is 35.0 Å². The van der Waals surface area contributed by atoms with Crippen molar-refractivity contribution in [2.24, 2.45) is 0 Å². The van der Waals surface area contributed by atoms with Crippen LogP contribution in [0.15, 0.2) is 48.5 Å². The SMILES string of the molecule is CC[C@H](C(=O)NC)N(Cc1c(Cl)cccc1Cl)C(=O)COc1ccccc1. The molecule has 2 aromatic carbocycles. The van der Waals surface area contributed by atoms with Crippen LogP contribution in [-0.2, 0) is 16.1 Å². The Balaban J connectivity index is 2.25. The number of ether oxygens (including phenoxy) is 1. The smallest absolute Gasteiger partial charge is 0.261 e. The lowest BCUT2D eigenvalue weighted by Gasteiger charge is -2.30. The number of likely N-dealkylation sites (N-methyl/N-ethyl adjacent to an activating group) is 1. The van der Waals surface area contributed by atoms with Crippen molar-refractivity contribution in [2.45, 2.75) is 25.9 Å². The topological polar surface area (TPSA) is 58.6 Å². The predicted octanol–water partition coefficient (Wildman–Crippen LogP) is 3.93. The van der Waals surface area contributed by atoms with Gasteiger partial charge in [-0.2, -0.15) is 0 Å². The van der Waals surface area contributed by atoms with Crippen LogP contribution in [0.1, 0.15) is 18.9 Å². The number of nitrogens with one attached hydrogen (secondary N) is 1. The Labute approximate surface area is 169 Å². The molecule has 0 bridgehead atoms. The van der Waals surface area contributed by atoms with Gasteiger partial charge in [0.05, 0.1) is 0 Å². The summed E-state index contributed by atoms with van der Waals surface area (Å²) in [4.78, 5) is 26.7. The number of halogens is 2. The van der Waals surface area contributed by atoms with Gasteiger partial charge in [0.2, 0.25) is 5.91 Å². The molecule has 0 aliphatic rings. The first-order valence-corrected chi connectivity index (χ1v) is 9.35. The van der Waals surface area contributed by atoms with Gasteiger partial charge in [-0.3, -0.25) is 9.59 Å². The molecule has 0 saturated carbocycles. The molecule has 1 atom stereocenters. The van der Waals surface area contributed by atoms with E-state index in [1.54, 1.807) is 30.3 Å². The van der Waals surface area contributed by atoms with Crippen molar-refractivity contribution in [1.29, 1.82) is 0 Å². The predicted molar refractivity (Wildman–Crippen MR) is 107 cm³/mol. The summed E-state index contributed by atoms with van der Waals surface area (Å²) in [5.74, 6) is -0.00593. The minimum absolute atomic E-state index is 0.113. The fraction of sp³-hybridized carbons (Fsp3) is 0.300. The third-order valence-electron chi connectivity index (χ3n) is 4.13. The molecule has 2 rings (SSSR count). The van der Waals surface area contributed by atoms with Gasteiger partial charge in [0.1, 0.15) is 11.8 Å². The minimum atomic E-state index is -0.658. The second-order valence-corrected chi connectivity index (χ2v) is 6.68. The molecular formula is C20H22Cl2N2O3. The number of hydrogen-bond donors (Lipinski definition) is 1. The normalized spacial score (nSPS) is 11.6. The van der Waals surface area contributed by atoms with Gasteiger partial charge in [0.25, 0.3) is 5.91 Å². The summed E-state index contributed by atoms with van der Waals surface area (Å²) in [5, 5.41) is 3.48. The number of para-hydroxylation sites is 1. The second-order valence-electron chi connectivity index (χ2n) is 5.86. The number of hydrogen-bond acceptors (Lipinski definition) is 3. The number of carbonyl (C=O) groups is 2. The lowest BCUT2D eigenvalue weighted by atomic mass is 10.1. The summed E-state index contributed by atoms with van der Waals surface area (Å²) in [7, 11) is 1.54. The highest BCUT2D eigenvalue weighted by Gasteiger charge is 2.29. The average Bonchev–Trinajstić information content (AvgIpc) is 2.68. The van der Waals surface area contributed by atoms with Gasteiger partial charge in [-0.25, -0.2) is 0 Å². The van der Waals surface area contributed by atoms with Crippen LogP contribution in [-0.4, -0.2) is 36.4 Å². The van der Waals surface area contributed by atoms with Crippen molar-refractivity contribution in [2.75, 3.05) is 13.7 Å². The van der Waals surface area contributed by atoms with Crippen LogP contribution in [0.2, 0.25) is 10.0 Å². The van der Waals surface area contributed by atoms with E-state index in [0.717, 1.165) is 0 Å². The van der Waals surface area contributed by atoms with Crippen LogP contribution in [0, 0.1) is 0 Å². The van der Waals surface area contributed by atoms with Crippen LogP contribution >= 0.6 is 23.2 Å². The molecule has 0 aliphatic carbocycles. The molecule has 27 heavy (non-hydrogen) atoms. The summed E-state index contributed by atoms with van der Waals surface area (Å²) in [6.45, 7) is 1.76. The minimum Gasteiger partial charge on any atom is -0.484 e. The van der Waals surface area contributed by atoms with Crippen LogP contribution in [0.5, 0.6) is 5.75 Å². The fourth-order valence-electron chi connectivity index (χ4n) is 2.68. The zero-order valence-corrected chi connectivity index (χ0v) is 16.8. The van der Waals surface area contributed by atoms with Gasteiger partial charge in [0, 0.05) is 29.2 Å². The molecule has 0 spiro atoms. The van der Waals surface area contributed by atoms with Gasteiger partial charge in [-0.1, -0.05) is 54.4 Å². The zero-order chi connectivity index (χ0) is 19.8. The van der Waals surface area contributed by atoms with E-state index < -0.39 is 6.04 Å². The number of nitrogens with zero attached hydrogens (tertiary/aromatic N) is 1. The van der Waals surface area contributed by atoms with Crippen LogP contribution in [0.25, 0.3) is 0 Å². The lowest BCUT2D eigenvalue weighted by molar-refractivity contribution is -0.142. The van der Waals surface area contributed by atoms with Crippen LogP contribution in [0.4, 0.5) is 0 Å². The number of rotatable bonds is 8. The maximum Gasteiger partial charge on any atom is 0.261 e. The van der Waals surface area contributed by atoms with E-state index in [1.165, 1.54) is 11.9 Å². The summed E-state index contributed by atoms with van der Waals surface area (Å²) in [6.07, 6.45) is 0.443. The molecule has 0 heterocycles. The molecule has 0 fully saturated rings. The molecular weight excluding hydrogens is 387 g/mol. The highest BCUT2D eigenvalue weighted by atomic mass is 35.5. The van der Waals surface area contributed by atoms with E-state index in [0.29, 0.717) is 27.8 Å². The monoisotopic (exact) mass is 408 g/mol. The van der Waals surface area contributed by atoms with E-state index in [1.807, 2.05) is 25.1 Å². The average molecular weight is 409 g/mol. The lowest BCUT2D eigenvalue weighted by Crippen LogP contribution is -2.49. The third-order valence-corrected chi connectivity index (χ3v) is 4.84. The molecule has 0 radical (unpaired) electrons. The molecule has 0 saturated heterocycles. The molecule has 2 aromatic rings. The van der Waals surface area contributed by atoms with E-state index in [4.69, 9.17) is 27.9 Å². The van der Waals surface area contributed by atoms with Gasteiger partial charge < -0.3 is 15.0 Å². The summed E-state index contributed by atoms with van der Waals surface area (Å²) in [6, 6.07) is 13.5. The first kappa shape index (κ1) is 21.1. The quantitative estimate of drug-likeness (QED) is 0.719. The fourth-order valence-corrected chi connectivity index (χ4v) is 3.20. The first-order chi connectivity index (χ1) is 13.0. The molecule has 1 N–H and O–H groups in total. The summed E-state index contributed by atoms with van der Waals surface area (Å²) >= 11 is 12.5. The highest BCUT2D eigenvalue weighted by Crippen LogP contribution is 2.27. The van der Waals surface area contributed by atoms with Crippen molar-refractivity contribution in [3.05, 3.63) is 64.1 Å². The van der Waals surface area contributed by atoms with Crippen molar-refractivity contribution < 1.29 is 14.3 Å². The van der Waals surface area contributed by atoms with Crippen molar-refractivity contribution in [3.8, 4) is 5.75 Å². The molecule has 144 valence electrons. The Morgan fingerprint density at radius 2 is 1.70 bits per heavy atom. The van der Waals surface area contributed by atoms with Crippen molar-refractivity contribution in [3.63, 3.8) is 0 Å². The highest BCUT2D eigenvalue weighted by molar-refractivity contribution is 6.36. The van der Waals surface area contributed by atoms with Crippen molar-refractivity contribution in [1.82, 2.24) is 10.2 Å². The molecule has 2 amide bonds. The largest absolute Gasteiger partial charge is 0.484 e. The molecule has 5 nitrogen and oxygen atoms in total. The standard InChI is InChI=1S/C20H22Cl2N2O3/c1-3-18(20(26)23-2)24(12-15-16(21)10-7-11-17(15)22)19(25)13-27-14-8-5-4-6-9-14/h4-11,18H,3,12-13H2,1-2H3,(H,23,26)/t18-/m1/s1. The third kappa shape index (κ3) is 5.62. The van der Waals surface area contributed by atoms with E-state index >= 15 is 0 Å². The molecule has 0 aliphatic heterocycles. The van der Waals surface area contributed by atoms with E-state index in [-0.39, 0.29) is 25.0 Å². The van der Waals surface area contributed by atoms with Gasteiger partial charge >= 0.3 is 0 Å². The summed E-state index contributed by atoms with van der Waals surface area (Å²) in [5.41, 5.74) is 0.594. The molecule has 0 unspecified atom stereocenters. The maximum absolute atomic E-state index is 12.9. The van der Waals surface area contributed by atoms with Gasteiger partial charge in [-0.15, -0.1) is 0 Å². The second kappa shape index (κ2) is 10.2. The molecule has 7 heteroatoms. The van der Waals surface area contributed by atoms with Crippen LogP contribution < -0.4 is 10.1 Å². The Morgan fingerprint density at radius 1 is 1.07 bits per heavy atom. The number of benzene rings is 2. The Kier molecular flexibility index (Phi) is 7.95. The summed E-state index contributed by atoms with van der Waals surface area (Å²) < 4.78 is 5.57. The number of amides is 2. The molecule has 0 aromatic heterocycles. The van der Waals surface area contributed by atoms with Crippen LogP contribution in [0.3, 0.4) is 0 Å². The Hall–Kier alpha value is -2.24. The maximum atomic E-state index is 12.9. The van der Waals surface area contributed by atoms with E-state index in [9.17, 15) is 9.59 Å². The Morgan fingerprint density at radius 3 is 2.26 bits per heavy atom. The van der Waals surface area contributed by atoms with Gasteiger partial charge in [0.15, 0.2) is 6.61 Å². The Bertz CT molecular complexity index is 764. The van der Waals surface area contributed by atoms with E-state index in [2.05, 4.69) is 5.32 Å². The zero-order valence-electron chi connectivity index (χ0n) is 15.2.